The Morgan fingerprint density at radius 1 is 1.18 bits per heavy atom. The van der Waals surface area contributed by atoms with E-state index in [-0.39, 0.29) is 22.6 Å². The Morgan fingerprint density at radius 2 is 1.86 bits per heavy atom. The Bertz CT molecular complexity index is 732. The summed E-state index contributed by atoms with van der Waals surface area (Å²) in [7, 11) is 0. The van der Waals surface area contributed by atoms with E-state index in [1.54, 1.807) is 10.9 Å². The van der Waals surface area contributed by atoms with Gasteiger partial charge in [-0.1, -0.05) is 0 Å². The van der Waals surface area contributed by atoms with Gasteiger partial charge in [-0.15, -0.1) is 0 Å². The average molecular weight is 305 g/mol. The molecule has 9 nitrogen and oxygen atoms in total. The number of nitro groups is 2. The van der Waals surface area contributed by atoms with Crippen LogP contribution >= 0.6 is 0 Å². The van der Waals surface area contributed by atoms with Gasteiger partial charge in [0.1, 0.15) is 5.69 Å². The topological polar surface area (TPSA) is 116 Å². The van der Waals surface area contributed by atoms with Gasteiger partial charge in [-0.25, -0.2) is 0 Å². The second-order valence-electron chi connectivity index (χ2n) is 5.69. The smallest absolute Gasteiger partial charge is 0.299 e. The highest BCUT2D eigenvalue weighted by Crippen LogP contribution is 2.31. The van der Waals surface area contributed by atoms with Crippen LogP contribution in [0.1, 0.15) is 20.8 Å². The Kier molecular flexibility index (Phi) is 3.81. The molecule has 1 aromatic heterocycles. The lowest BCUT2D eigenvalue weighted by atomic mass is 10.1. The molecule has 2 aromatic rings. The second kappa shape index (κ2) is 5.43. The third-order valence-corrected chi connectivity index (χ3v) is 2.94. The van der Waals surface area contributed by atoms with E-state index in [0.717, 1.165) is 6.07 Å². The van der Waals surface area contributed by atoms with Gasteiger partial charge < -0.3 is 5.32 Å². The largest absolute Gasteiger partial charge is 0.347 e. The molecule has 22 heavy (non-hydrogen) atoms. The summed E-state index contributed by atoms with van der Waals surface area (Å²) < 4.78 is 1.71. The minimum absolute atomic E-state index is 0.170. The fraction of sp³-hybridized carbons (Fsp3) is 0.308. The molecule has 0 spiro atoms. The lowest BCUT2D eigenvalue weighted by Gasteiger charge is -2.18. The molecule has 1 aromatic carbocycles. The van der Waals surface area contributed by atoms with Crippen LogP contribution in [0.4, 0.5) is 22.7 Å². The van der Waals surface area contributed by atoms with E-state index in [4.69, 9.17) is 0 Å². The van der Waals surface area contributed by atoms with Crippen molar-refractivity contribution in [3.05, 3.63) is 50.8 Å². The van der Waals surface area contributed by atoms with Gasteiger partial charge in [0.2, 0.25) is 0 Å². The molecule has 0 saturated heterocycles. The molecule has 2 rings (SSSR count). The summed E-state index contributed by atoms with van der Waals surface area (Å²) in [5.74, 6) is 0. The second-order valence-corrected chi connectivity index (χ2v) is 5.69. The van der Waals surface area contributed by atoms with Crippen molar-refractivity contribution in [2.24, 2.45) is 0 Å². The Balaban J connectivity index is 2.35. The summed E-state index contributed by atoms with van der Waals surface area (Å²) in [6.07, 6.45) is 3.25. The van der Waals surface area contributed by atoms with Gasteiger partial charge in [-0.05, 0) is 26.8 Å². The summed E-state index contributed by atoms with van der Waals surface area (Å²) in [4.78, 5) is 20.4. The van der Waals surface area contributed by atoms with Gasteiger partial charge in [0, 0.05) is 12.3 Å². The van der Waals surface area contributed by atoms with Crippen molar-refractivity contribution < 1.29 is 9.85 Å². The Labute approximate surface area is 125 Å². The molecule has 1 heterocycles. The number of non-ortho nitro benzene ring substituents is 1. The minimum Gasteiger partial charge on any atom is -0.347 e. The van der Waals surface area contributed by atoms with Crippen LogP contribution < -0.4 is 5.32 Å². The van der Waals surface area contributed by atoms with Crippen molar-refractivity contribution in [1.82, 2.24) is 9.78 Å². The molecular formula is C13H15N5O4. The van der Waals surface area contributed by atoms with E-state index in [9.17, 15) is 20.2 Å². The van der Waals surface area contributed by atoms with E-state index in [1.165, 1.54) is 18.3 Å². The van der Waals surface area contributed by atoms with E-state index in [1.807, 2.05) is 20.8 Å². The van der Waals surface area contributed by atoms with Gasteiger partial charge >= 0.3 is 0 Å². The van der Waals surface area contributed by atoms with Crippen LogP contribution in [0.2, 0.25) is 0 Å². The van der Waals surface area contributed by atoms with Gasteiger partial charge in [0.05, 0.1) is 33.3 Å². The fourth-order valence-electron chi connectivity index (χ4n) is 1.80. The van der Waals surface area contributed by atoms with Crippen LogP contribution in [0.15, 0.2) is 30.6 Å². The third-order valence-electron chi connectivity index (χ3n) is 2.94. The zero-order chi connectivity index (χ0) is 16.5. The fourth-order valence-corrected chi connectivity index (χ4v) is 1.80. The van der Waals surface area contributed by atoms with Crippen molar-refractivity contribution >= 4 is 22.7 Å². The maximum atomic E-state index is 11.1. The molecule has 116 valence electrons. The van der Waals surface area contributed by atoms with Crippen molar-refractivity contribution in [3.8, 4) is 0 Å². The van der Waals surface area contributed by atoms with Crippen LogP contribution in [0.3, 0.4) is 0 Å². The van der Waals surface area contributed by atoms with Crippen molar-refractivity contribution in [1.29, 1.82) is 0 Å². The van der Waals surface area contributed by atoms with Crippen molar-refractivity contribution in [2.75, 3.05) is 5.32 Å². The van der Waals surface area contributed by atoms with E-state index in [0.29, 0.717) is 5.69 Å². The molecule has 0 atom stereocenters. The van der Waals surface area contributed by atoms with Crippen LogP contribution in [0, 0.1) is 20.2 Å². The third kappa shape index (κ3) is 3.19. The highest BCUT2D eigenvalue weighted by Gasteiger charge is 2.20. The molecule has 0 aliphatic carbocycles. The number of nitro benzene ring substituents is 2. The number of rotatable bonds is 4. The van der Waals surface area contributed by atoms with Crippen LogP contribution in [0.25, 0.3) is 0 Å². The molecule has 9 heteroatoms. The van der Waals surface area contributed by atoms with E-state index < -0.39 is 9.85 Å². The maximum absolute atomic E-state index is 11.1. The van der Waals surface area contributed by atoms with Crippen LogP contribution in [0.5, 0.6) is 0 Å². The SMILES string of the molecule is CC(C)(C)n1cc(Nc2ccc([N+](=O)[O-])cc2[N+](=O)[O-])cn1. The van der Waals surface area contributed by atoms with Gasteiger partial charge in [0.15, 0.2) is 0 Å². The monoisotopic (exact) mass is 305 g/mol. The summed E-state index contributed by atoms with van der Waals surface area (Å²) in [5.41, 5.74) is -0.183. The van der Waals surface area contributed by atoms with Crippen LogP contribution in [-0.2, 0) is 5.54 Å². The minimum atomic E-state index is -0.672. The number of anilines is 2. The molecule has 1 N–H and O–H groups in total. The van der Waals surface area contributed by atoms with Crippen molar-refractivity contribution in [3.63, 3.8) is 0 Å². The predicted molar refractivity (Wildman–Crippen MR) is 80.3 cm³/mol. The first-order valence-electron chi connectivity index (χ1n) is 6.43. The molecule has 0 radical (unpaired) electrons. The van der Waals surface area contributed by atoms with Crippen LogP contribution in [-0.4, -0.2) is 19.6 Å². The molecule has 0 aliphatic rings. The normalized spacial score (nSPS) is 11.2. The Morgan fingerprint density at radius 3 is 2.36 bits per heavy atom. The standard InChI is InChI=1S/C13H15N5O4/c1-13(2,3)16-8-9(7-14-16)15-11-5-4-10(17(19)20)6-12(11)18(21)22/h4-8,15H,1-3H3. The quantitative estimate of drug-likeness (QED) is 0.684. The summed E-state index contributed by atoms with van der Waals surface area (Å²) in [5, 5.41) is 28.8. The number of hydrogen-bond donors (Lipinski definition) is 1. The van der Waals surface area contributed by atoms with Gasteiger partial charge in [-0.3, -0.25) is 24.9 Å². The molecule has 0 unspecified atom stereocenters. The molecular weight excluding hydrogens is 290 g/mol. The highest BCUT2D eigenvalue weighted by atomic mass is 16.6. The molecule has 0 amide bonds. The van der Waals surface area contributed by atoms with Crippen molar-refractivity contribution in [2.45, 2.75) is 26.3 Å². The zero-order valence-corrected chi connectivity index (χ0v) is 12.3. The summed E-state index contributed by atoms with van der Waals surface area (Å²) in [6.45, 7) is 5.91. The lowest BCUT2D eigenvalue weighted by Crippen LogP contribution is -2.21. The predicted octanol–water partition coefficient (Wildman–Crippen LogP) is 3.20. The van der Waals surface area contributed by atoms with Gasteiger partial charge in [0.25, 0.3) is 11.4 Å². The lowest BCUT2D eigenvalue weighted by molar-refractivity contribution is -0.393. The average Bonchev–Trinajstić information content (AvgIpc) is 2.87. The number of benzene rings is 1. The number of nitrogens with one attached hydrogen (secondary N) is 1. The first kappa shape index (κ1) is 15.4. The first-order valence-corrected chi connectivity index (χ1v) is 6.43. The molecule has 0 aliphatic heterocycles. The number of aromatic nitrogens is 2. The summed E-state index contributed by atoms with van der Waals surface area (Å²) in [6, 6.07) is 3.45. The zero-order valence-electron chi connectivity index (χ0n) is 12.3. The highest BCUT2D eigenvalue weighted by molar-refractivity contribution is 5.71. The first-order chi connectivity index (χ1) is 10.2. The molecule has 0 bridgehead atoms. The number of nitrogens with zero attached hydrogens (tertiary/aromatic N) is 4. The Hall–Kier alpha value is -2.97. The molecule has 0 fully saturated rings. The summed E-state index contributed by atoms with van der Waals surface area (Å²) >= 11 is 0. The van der Waals surface area contributed by atoms with E-state index >= 15 is 0 Å². The maximum Gasteiger partial charge on any atom is 0.299 e. The number of hydrogen-bond acceptors (Lipinski definition) is 6. The van der Waals surface area contributed by atoms with Gasteiger partial charge in [-0.2, -0.15) is 5.10 Å². The van der Waals surface area contributed by atoms with E-state index in [2.05, 4.69) is 10.4 Å². The molecule has 0 saturated carbocycles.